The molecule has 0 aromatic heterocycles. The molecule has 134 valence electrons. The van der Waals surface area contributed by atoms with E-state index in [-0.39, 0.29) is 5.82 Å². The van der Waals surface area contributed by atoms with Crippen molar-refractivity contribution in [3.63, 3.8) is 0 Å². The van der Waals surface area contributed by atoms with E-state index in [0.29, 0.717) is 31.0 Å². The summed E-state index contributed by atoms with van der Waals surface area (Å²) in [6.45, 7) is 2.83. The number of halogens is 1. The van der Waals surface area contributed by atoms with Gasteiger partial charge in [0, 0.05) is 13.1 Å². The van der Waals surface area contributed by atoms with Gasteiger partial charge in [0.1, 0.15) is 18.2 Å². The maximum absolute atomic E-state index is 13.1. The molecule has 25 heavy (non-hydrogen) atoms. The molecule has 2 aromatic carbocycles. The van der Waals surface area contributed by atoms with Gasteiger partial charge >= 0.3 is 5.97 Å². The molecule has 0 spiro atoms. The summed E-state index contributed by atoms with van der Waals surface area (Å²) in [5, 5.41) is 22.0. The molecule has 2 unspecified atom stereocenters. The zero-order chi connectivity index (χ0) is 18.2. The van der Waals surface area contributed by atoms with Gasteiger partial charge in [0.05, 0.1) is 12.0 Å². The minimum Gasteiger partial charge on any atom is -0.492 e. The standard InChI is InChI=1S/C19H22FNO4/c1-13(19(23)24)14-5-7-17(8-6-14)25-10-9-21-12-18(22)15-3-2-4-16(20)11-15/h2-8,11,13,18,21-22H,9-10,12H2,1H3,(H,23,24). The summed E-state index contributed by atoms with van der Waals surface area (Å²) in [6.07, 6.45) is -0.785. The van der Waals surface area contributed by atoms with Crippen molar-refractivity contribution in [3.8, 4) is 5.75 Å². The number of rotatable bonds is 9. The lowest BCUT2D eigenvalue weighted by molar-refractivity contribution is -0.138. The van der Waals surface area contributed by atoms with E-state index in [4.69, 9.17) is 9.84 Å². The fraction of sp³-hybridized carbons (Fsp3) is 0.316. The van der Waals surface area contributed by atoms with E-state index >= 15 is 0 Å². The molecule has 0 bridgehead atoms. The first-order chi connectivity index (χ1) is 12.0. The van der Waals surface area contributed by atoms with Crippen molar-refractivity contribution in [2.45, 2.75) is 18.9 Å². The Bertz CT molecular complexity index is 690. The van der Waals surface area contributed by atoms with Crippen molar-refractivity contribution in [2.75, 3.05) is 19.7 Å². The van der Waals surface area contributed by atoms with Gasteiger partial charge in [-0.25, -0.2) is 4.39 Å². The van der Waals surface area contributed by atoms with Gasteiger partial charge in [0.15, 0.2) is 0 Å². The number of hydrogen-bond donors (Lipinski definition) is 3. The molecule has 2 aromatic rings. The number of aliphatic hydroxyl groups excluding tert-OH is 1. The predicted molar refractivity (Wildman–Crippen MR) is 92.2 cm³/mol. The maximum Gasteiger partial charge on any atom is 0.310 e. The smallest absolute Gasteiger partial charge is 0.310 e. The van der Waals surface area contributed by atoms with Crippen LogP contribution in [-0.2, 0) is 4.79 Å². The highest BCUT2D eigenvalue weighted by Crippen LogP contribution is 2.19. The predicted octanol–water partition coefficient (Wildman–Crippen LogP) is 2.72. The van der Waals surface area contributed by atoms with Crippen LogP contribution in [-0.4, -0.2) is 35.9 Å². The van der Waals surface area contributed by atoms with E-state index < -0.39 is 18.0 Å². The highest BCUT2D eigenvalue weighted by atomic mass is 19.1. The van der Waals surface area contributed by atoms with Crippen LogP contribution < -0.4 is 10.1 Å². The van der Waals surface area contributed by atoms with Gasteiger partial charge in [-0.2, -0.15) is 0 Å². The molecule has 0 aliphatic heterocycles. The molecule has 0 saturated carbocycles. The lowest BCUT2D eigenvalue weighted by Gasteiger charge is -2.13. The fourth-order valence-corrected chi connectivity index (χ4v) is 2.31. The zero-order valence-corrected chi connectivity index (χ0v) is 14.0. The van der Waals surface area contributed by atoms with Crippen LogP contribution in [0.25, 0.3) is 0 Å². The molecular weight excluding hydrogens is 325 g/mol. The van der Waals surface area contributed by atoms with Crippen molar-refractivity contribution in [2.24, 2.45) is 0 Å². The van der Waals surface area contributed by atoms with E-state index in [1.807, 2.05) is 0 Å². The van der Waals surface area contributed by atoms with E-state index in [1.54, 1.807) is 43.3 Å². The first kappa shape index (κ1) is 18.9. The number of carboxylic acids is 1. The largest absolute Gasteiger partial charge is 0.492 e. The van der Waals surface area contributed by atoms with Gasteiger partial charge < -0.3 is 20.3 Å². The lowest BCUT2D eigenvalue weighted by Crippen LogP contribution is -2.26. The van der Waals surface area contributed by atoms with Crippen LogP contribution in [0.15, 0.2) is 48.5 Å². The fourth-order valence-electron chi connectivity index (χ4n) is 2.31. The summed E-state index contributed by atoms with van der Waals surface area (Å²) in [7, 11) is 0. The second-order valence-electron chi connectivity index (χ2n) is 5.75. The number of hydrogen-bond acceptors (Lipinski definition) is 4. The maximum atomic E-state index is 13.1. The molecule has 0 aliphatic rings. The molecule has 0 saturated heterocycles. The molecule has 0 fully saturated rings. The summed E-state index contributed by atoms with van der Waals surface area (Å²) in [4.78, 5) is 10.9. The lowest BCUT2D eigenvalue weighted by atomic mass is 10.0. The van der Waals surface area contributed by atoms with Crippen LogP contribution >= 0.6 is 0 Å². The minimum absolute atomic E-state index is 0.294. The Labute approximate surface area is 146 Å². The molecule has 0 aliphatic carbocycles. The number of aliphatic carboxylic acids is 1. The second kappa shape index (κ2) is 9.15. The Morgan fingerprint density at radius 1 is 1.20 bits per heavy atom. The van der Waals surface area contributed by atoms with Gasteiger partial charge in [-0.1, -0.05) is 24.3 Å². The van der Waals surface area contributed by atoms with Gasteiger partial charge in [0.25, 0.3) is 0 Å². The zero-order valence-electron chi connectivity index (χ0n) is 14.0. The highest BCUT2D eigenvalue weighted by Gasteiger charge is 2.13. The van der Waals surface area contributed by atoms with E-state index in [9.17, 15) is 14.3 Å². The topological polar surface area (TPSA) is 78.8 Å². The van der Waals surface area contributed by atoms with Crippen LogP contribution in [0.2, 0.25) is 0 Å². The number of carbonyl (C=O) groups is 1. The molecule has 5 nitrogen and oxygen atoms in total. The van der Waals surface area contributed by atoms with Crippen LogP contribution in [0.3, 0.4) is 0 Å². The normalized spacial score (nSPS) is 13.2. The van der Waals surface area contributed by atoms with Crippen molar-refractivity contribution >= 4 is 5.97 Å². The first-order valence-electron chi connectivity index (χ1n) is 8.07. The molecule has 2 rings (SSSR count). The third-order valence-electron chi connectivity index (χ3n) is 3.87. The molecular formula is C19H22FNO4. The Hall–Kier alpha value is -2.44. The van der Waals surface area contributed by atoms with Crippen molar-refractivity contribution in [1.82, 2.24) is 5.32 Å². The minimum atomic E-state index is -0.866. The molecule has 2 atom stereocenters. The van der Waals surface area contributed by atoms with E-state index in [0.717, 1.165) is 5.56 Å². The third kappa shape index (κ3) is 5.85. The Kier molecular flexibility index (Phi) is 6.91. The average Bonchev–Trinajstić information content (AvgIpc) is 2.61. The summed E-state index contributed by atoms with van der Waals surface area (Å²) < 4.78 is 18.7. The van der Waals surface area contributed by atoms with Crippen molar-refractivity contribution in [1.29, 1.82) is 0 Å². The molecule has 0 heterocycles. The highest BCUT2D eigenvalue weighted by molar-refractivity contribution is 5.75. The van der Waals surface area contributed by atoms with Gasteiger partial charge in [-0.3, -0.25) is 4.79 Å². The van der Waals surface area contributed by atoms with Crippen molar-refractivity contribution in [3.05, 3.63) is 65.5 Å². The molecule has 0 amide bonds. The summed E-state index contributed by atoms with van der Waals surface area (Å²) in [6, 6.07) is 12.8. The summed E-state index contributed by atoms with van der Waals surface area (Å²) in [5.41, 5.74) is 1.24. The Morgan fingerprint density at radius 3 is 2.56 bits per heavy atom. The number of nitrogens with one attached hydrogen (secondary N) is 1. The first-order valence-corrected chi connectivity index (χ1v) is 8.07. The quantitative estimate of drug-likeness (QED) is 0.608. The number of benzene rings is 2. The molecule has 3 N–H and O–H groups in total. The number of ether oxygens (including phenoxy) is 1. The van der Waals surface area contributed by atoms with Gasteiger partial charge in [0.2, 0.25) is 0 Å². The third-order valence-corrected chi connectivity index (χ3v) is 3.87. The number of aliphatic hydroxyl groups is 1. The van der Waals surface area contributed by atoms with Gasteiger partial charge in [-0.15, -0.1) is 0 Å². The Balaban J connectivity index is 1.70. The summed E-state index contributed by atoms with van der Waals surface area (Å²) >= 11 is 0. The van der Waals surface area contributed by atoms with Crippen LogP contribution in [0.5, 0.6) is 5.75 Å². The molecule has 6 heteroatoms. The van der Waals surface area contributed by atoms with Crippen molar-refractivity contribution < 1.29 is 24.1 Å². The van der Waals surface area contributed by atoms with Crippen LogP contribution in [0, 0.1) is 5.82 Å². The van der Waals surface area contributed by atoms with E-state index in [1.165, 1.54) is 12.1 Å². The monoisotopic (exact) mass is 347 g/mol. The molecule has 0 radical (unpaired) electrons. The van der Waals surface area contributed by atoms with Gasteiger partial charge in [-0.05, 0) is 42.3 Å². The number of carboxylic acid groups (broad SMARTS) is 1. The second-order valence-corrected chi connectivity index (χ2v) is 5.75. The van der Waals surface area contributed by atoms with E-state index in [2.05, 4.69) is 5.32 Å². The average molecular weight is 347 g/mol. The Morgan fingerprint density at radius 2 is 1.92 bits per heavy atom. The van der Waals surface area contributed by atoms with Crippen LogP contribution in [0.1, 0.15) is 30.1 Å². The van der Waals surface area contributed by atoms with Crippen LogP contribution in [0.4, 0.5) is 4.39 Å². The SMILES string of the molecule is CC(C(=O)O)c1ccc(OCCNCC(O)c2cccc(F)c2)cc1. The summed E-state index contributed by atoms with van der Waals surface area (Å²) in [5.74, 6) is -1.15.